The molecule has 1 amide bonds. The summed E-state index contributed by atoms with van der Waals surface area (Å²) in [4.78, 5) is 11.5. The van der Waals surface area contributed by atoms with Gasteiger partial charge in [0.15, 0.2) is 0 Å². The van der Waals surface area contributed by atoms with Gasteiger partial charge < -0.3 is 4.74 Å². The molecule has 0 atom stereocenters. The lowest BCUT2D eigenvalue weighted by atomic mass is 9.78. The Hall–Kier alpha value is -1.55. The topological polar surface area (TPSA) is 58.6 Å². The Morgan fingerprint density at radius 3 is 1.81 bits per heavy atom. The minimum atomic E-state index is -0.417. The summed E-state index contributed by atoms with van der Waals surface area (Å²) in [6, 6.07) is 3.98. The largest absolute Gasteiger partial charge is 0.496 e. The molecule has 1 aromatic carbocycles. The summed E-state index contributed by atoms with van der Waals surface area (Å²) in [5, 5.41) is 8.73. The normalized spacial score (nSPS) is 12.2. The van der Waals surface area contributed by atoms with Gasteiger partial charge in [0, 0.05) is 11.1 Å². The first-order valence-corrected chi connectivity index (χ1v) is 7.15. The predicted octanol–water partition coefficient (Wildman–Crippen LogP) is 3.34. The molecule has 0 aliphatic heterocycles. The lowest BCUT2D eigenvalue weighted by Gasteiger charge is -2.30. The molecular formula is C17H27NO3. The third kappa shape index (κ3) is 4.21. The van der Waals surface area contributed by atoms with Gasteiger partial charge in [0.25, 0.3) is 0 Å². The van der Waals surface area contributed by atoms with Gasteiger partial charge in [0.2, 0.25) is 5.91 Å². The number of carbonyl (C=O) groups is 1. The lowest BCUT2D eigenvalue weighted by Crippen LogP contribution is -2.23. The van der Waals surface area contributed by atoms with Crippen LogP contribution in [0.5, 0.6) is 5.75 Å². The van der Waals surface area contributed by atoms with Crippen LogP contribution in [0.3, 0.4) is 0 Å². The first-order chi connectivity index (χ1) is 9.50. The van der Waals surface area contributed by atoms with Gasteiger partial charge in [-0.2, -0.15) is 0 Å². The Morgan fingerprint density at radius 1 is 1.10 bits per heavy atom. The molecule has 0 fully saturated rings. The van der Waals surface area contributed by atoms with E-state index < -0.39 is 5.91 Å². The van der Waals surface area contributed by atoms with E-state index in [4.69, 9.17) is 9.94 Å². The van der Waals surface area contributed by atoms with E-state index in [1.807, 2.05) is 12.1 Å². The molecule has 0 bridgehead atoms. The Morgan fingerprint density at radius 2 is 1.52 bits per heavy atom. The van der Waals surface area contributed by atoms with Crippen LogP contribution >= 0.6 is 0 Å². The van der Waals surface area contributed by atoms with Crippen molar-refractivity contribution in [1.82, 2.24) is 5.48 Å². The molecule has 2 N–H and O–H groups in total. The molecule has 1 aromatic rings. The number of rotatable bonds is 3. The van der Waals surface area contributed by atoms with Gasteiger partial charge in [-0.25, -0.2) is 5.48 Å². The predicted molar refractivity (Wildman–Crippen MR) is 84.0 cm³/mol. The molecule has 21 heavy (non-hydrogen) atoms. The second-order valence-electron chi connectivity index (χ2n) is 7.44. The molecule has 0 aromatic heterocycles. The van der Waals surface area contributed by atoms with Crippen molar-refractivity contribution in [2.75, 3.05) is 7.11 Å². The van der Waals surface area contributed by atoms with E-state index in [-0.39, 0.29) is 17.3 Å². The molecule has 0 heterocycles. The molecule has 0 radical (unpaired) electrons. The van der Waals surface area contributed by atoms with Gasteiger partial charge in [0.05, 0.1) is 13.5 Å². The number of ether oxygens (including phenoxy) is 1. The van der Waals surface area contributed by atoms with E-state index >= 15 is 0 Å². The van der Waals surface area contributed by atoms with Crippen LogP contribution in [0.1, 0.15) is 58.2 Å². The fourth-order valence-electron chi connectivity index (χ4n) is 2.35. The van der Waals surface area contributed by atoms with Gasteiger partial charge >= 0.3 is 0 Å². The van der Waals surface area contributed by atoms with Gasteiger partial charge in [-0.1, -0.05) is 53.7 Å². The Labute approximate surface area is 127 Å². The van der Waals surface area contributed by atoms with E-state index in [1.54, 1.807) is 12.6 Å². The van der Waals surface area contributed by atoms with Crippen LogP contribution in [-0.2, 0) is 22.0 Å². The molecule has 118 valence electrons. The van der Waals surface area contributed by atoms with Crippen LogP contribution in [0.4, 0.5) is 0 Å². The summed E-state index contributed by atoms with van der Waals surface area (Å²) < 4.78 is 5.67. The zero-order valence-electron chi connectivity index (χ0n) is 14.1. The monoisotopic (exact) mass is 293 g/mol. The molecule has 4 heteroatoms. The van der Waals surface area contributed by atoms with Gasteiger partial charge in [0.1, 0.15) is 5.75 Å². The zero-order valence-corrected chi connectivity index (χ0v) is 14.1. The molecule has 0 saturated carbocycles. The van der Waals surface area contributed by atoms with E-state index in [0.717, 1.165) is 22.4 Å². The standard InChI is InChI=1S/C17H27NO3/c1-16(2,3)12-8-11(10-14(19)18-20)9-13(15(12)21-7)17(4,5)6/h8-9,20H,10H2,1-7H3,(H,18,19). The average molecular weight is 293 g/mol. The highest BCUT2D eigenvalue weighted by molar-refractivity contribution is 5.77. The minimum Gasteiger partial charge on any atom is -0.496 e. The minimum absolute atomic E-state index is 0.100. The van der Waals surface area contributed by atoms with Gasteiger partial charge in [-0.15, -0.1) is 0 Å². The van der Waals surface area contributed by atoms with Crippen molar-refractivity contribution in [2.45, 2.75) is 58.8 Å². The number of hydroxylamine groups is 1. The van der Waals surface area contributed by atoms with Crippen molar-refractivity contribution in [3.63, 3.8) is 0 Å². The van der Waals surface area contributed by atoms with E-state index in [2.05, 4.69) is 41.5 Å². The number of amides is 1. The molecule has 0 spiro atoms. The fourth-order valence-corrected chi connectivity index (χ4v) is 2.35. The van der Waals surface area contributed by atoms with Crippen LogP contribution in [0.15, 0.2) is 12.1 Å². The second kappa shape index (κ2) is 6.06. The average Bonchev–Trinajstić information content (AvgIpc) is 2.35. The molecule has 0 aliphatic carbocycles. The number of hydrogen-bond acceptors (Lipinski definition) is 3. The highest BCUT2D eigenvalue weighted by atomic mass is 16.5. The van der Waals surface area contributed by atoms with Crippen LogP contribution in [0.25, 0.3) is 0 Å². The van der Waals surface area contributed by atoms with E-state index in [1.165, 1.54) is 0 Å². The maximum absolute atomic E-state index is 11.5. The number of nitrogens with one attached hydrogen (secondary N) is 1. The Balaban J connectivity index is 3.55. The second-order valence-corrected chi connectivity index (χ2v) is 7.44. The van der Waals surface area contributed by atoms with Crippen molar-refractivity contribution in [3.8, 4) is 5.75 Å². The zero-order chi connectivity index (χ0) is 16.4. The summed E-state index contributed by atoms with van der Waals surface area (Å²) in [6.07, 6.45) is 0.145. The number of carbonyl (C=O) groups excluding carboxylic acids is 1. The van der Waals surface area contributed by atoms with Crippen molar-refractivity contribution >= 4 is 5.91 Å². The quantitative estimate of drug-likeness (QED) is 0.664. The van der Waals surface area contributed by atoms with Gasteiger partial charge in [-0.3, -0.25) is 10.0 Å². The van der Waals surface area contributed by atoms with Gasteiger partial charge in [-0.05, 0) is 16.4 Å². The van der Waals surface area contributed by atoms with Crippen LogP contribution < -0.4 is 10.2 Å². The van der Waals surface area contributed by atoms with Crippen molar-refractivity contribution in [2.24, 2.45) is 0 Å². The summed E-state index contributed by atoms with van der Waals surface area (Å²) >= 11 is 0. The smallest absolute Gasteiger partial charge is 0.247 e. The van der Waals surface area contributed by atoms with E-state index in [9.17, 15) is 4.79 Å². The van der Waals surface area contributed by atoms with Crippen molar-refractivity contribution < 1.29 is 14.7 Å². The van der Waals surface area contributed by atoms with Crippen LogP contribution in [-0.4, -0.2) is 18.2 Å². The van der Waals surface area contributed by atoms with Crippen molar-refractivity contribution in [1.29, 1.82) is 0 Å². The SMILES string of the molecule is COc1c(C(C)(C)C)cc(CC(=O)NO)cc1C(C)(C)C. The molecule has 0 aliphatic rings. The highest BCUT2D eigenvalue weighted by Crippen LogP contribution is 2.40. The molecule has 4 nitrogen and oxygen atoms in total. The molecular weight excluding hydrogens is 266 g/mol. The van der Waals surface area contributed by atoms with Crippen molar-refractivity contribution in [3.05, 3.63) is 28.8 Å². The van der Waals surface area contributed by atoms with Crippen LogP contribution in [0, 0.1) is 0 Å². The van der Waals surface area contributed by atoms with Crippen LogP contribution in [0.2, 0.25) is 0 Å². The third-order valence-electron chi connectivity index (χ3n) is 3.46. The Bertz CT molecular complexity index is 487. The molecule has 0 saturated heterocycles. The maximum Gasteiger partial charge on any atom is 0.247 e. The first kappa shape index (κ1) is 17.5. The summed E-state index contributed by atoms with van der Waals surface area (Å²) in [5.74, 6) is 0.461. The number of hydrogen-bond donors (Lipinski definition) is 2. The first-order valence-electron chi connectivity index (χ1n) is 7.15. The van der Waals surface area contributed by atoms with E-state index in [0.29, 0.717) is 0 Å². The Kier molecular flexibility index (Phi) is 5.05. The number of methoxy groups -OCH3 is 1. The lowest BCUT2D eigenvalue weighted by molar-refractivity contribution is -0.128. The summed E-state index contributed by atoms with van der Waals surface area (Å²) in [5.41, 5.74) is 4.50. The molecule has 0 unspecified atom stereocenters. The summed E-state index contributed by atoms with van der Waals surface area (Å²) in [7, 11) is 1.68. The fraction of sp³-hybridized carbons (Fsp3) is 0.588. The molecule has 1 rings (SSSR count). The number of benzene rings is 1. The third-order valence-corrected chi connectivity index (χ3v) is 3.46. The summed E-state index contributed by atoms with van der Waals surface area (Å²) in [6.45, 7) is 12.7. The highest BCUT2D eigenvalue weighted by Gasteiger charge is 2.27. The maximum atomic E-state index is 11.5.